The quantitative estimate of drug-likeness (QED) is 0.865. The van der Waals surface area contributed by atoms with Crippen molar-refractivity contribution in [3.8, 4) is 0 Å². The van der Waals surface area contributed by atoms with Crippen molar-refractivity contribution in [2.24, 2.45) is 5.73 Å². The third-order valence-electron chi connectivity index (χ3n) is 4.09. The first-order valence-corrected chi connectivity index (χ1v) is 6.63. The summed E-state index contributed by atoms with van der Waals surface area (Å²) in [6, 6.07) is 5.41. The Labute approximate surface area is 118 Å². The molecular weight excluding hydrogens is 263 g/mol. The Morgan fingerprint density at radius 2 is 1.65 bits per heavy atom. The van der Waals surface area contributed by atoms with Crippen LogP contribution < -0.4 is 11.2 Å². The van der Waals surface area contributed by atoms with E-state index in [1.807, 2.05) is 27.7 Å². The van der Waals surface area contributed by atoms with Gasteiger partial charge in [-0.15, -0.1) is 0 Å². The number of hydrogen-bond acceptors (Lipinski definition) is 3. The minimum absolute atomic E-state index is 0.382. The van der Waals surface area contributed by atoms with Crippen LogP contribution in [0.3, 0.4) is 0 Å². The van der Waals surface area contributed by atoms with Gasteiger partial charge in [-0.2, -0.15) is 0 Å². The lowest BCUT2D eigenvalue weighted by molar-refractivity contribution is 0.00578. The molecule has 2 rings (SSSR count). The molecule has 1 aliphatic rings. The summed E-state index contributed by atoms with van der Waals surface area (Å²) in [7, 11) is -0.565. The summed E-state index contributed by atoms with van der Waals surface area (Å²) >= 11 is 0. The SMILES string of the molecule is CC1(C)OB(c2cccc(C(N)C(F)F)c2)OC1(C)C. The first kappa shape index (κ1) is 15.4. The van der Waals surface area contributed by atoms with E-state index in [-0.39, 0.29) is 0 Å². The highest BCUT2D eigenvalue weighted by Crippen LogP contribution is 2.36. The largest absolute Gasteiger partial charge is 0.494 e. The van der Waals surface area contributed by atoms with Gasteiger partial charge in [0.2, 0.25) is 0 Å². The lowest BCUT2D eigenvalue weighted by Gasteiger charge is -2.32. The van der Waals surface area contributed by atoms with Crippen molar-refractivity contribution in [1.82, 2.24) is 0 Å². The topological polar surface area (TPSA) is 44.5 Å². The zero-order valence-corrected chi connectivity index (χ0v) is 12.2. The molecule has 1 aromatic rings. The van der Waals surface area contributed by atoms with Crippen molar-refractivity contribution in [3.63, 3.8) is 0 Å². The van der Waals surface area contributed by atoms with E-state index in [0.29, 0.717) is 11.0 Å². The molecule has 0 radical (unpaired) electrons. The molecule has 0 spiro atoms. The minimum Gasteiger partial charge on any atom is -0.399 e. The van der Waals surface area contributed by atoms with Crippen LogP contribution in [0.15, 0.2) is 24.3 Å². The van der Waals surface area contributed by atoms with E-state index in [0.717, 1.165) is 0 Å². The van der Waals surface area contributed by atoms with E-state index < -0.39 is 30.8 Å². The van der Waals surface area contributed by atoms with Gasteiger partial charge in [0.05, 0.1) is 17.2 Å². The normalized spacial score (nSPS) is 22.3. The molecule has 1 aromatic carbocycles. The Morgan fingerprint density at radius 1 is 1.10 bits per heavy atom. The predicted octanol–water partition coefficient (Wildman–Crippen LogP) is 2.25. The van der Waals surface area contributed by atoms with Crippen LogP contribution in [0.5, 0.6) is 0 Å². The van der Waals surface area contributed by atoms with Crippen molar-refractivity contribution in [2.75, 3.05) is 0 Å². The molecular formula is C14H20BF2NO2. The lowest BCUT2D eigenvalue weighted by atomic mass is 9.78. The van der Waals surface area contributed by atoms with Gasteiger partial charge in [0, 0.05) is 0 Å². The van der Waals surface area contributed by atoms with Gasteiger partial charge in [0.15, 0.2) is 0 Å². The van der Waals surface area contributed by atoms with Gasteiger partial charge < -0.3 is 15.0 Å². The number of hydrogen-bond donors (Lipinski definition) is 1. The van der Waals surface area contributed by atoms with Crippen molar-refractivity contribution < 1.29 is 18.1 Å². The summed E-state index contributed by atoms with van der Waals surface area (Å²) in [6.07, 6.45) is -2.59. The molecule has 2 N–H and O–H groups in total. The van der Waals surface area contributed by atoms with Crippen molar-refractivity contribution in [1.29, 1.82) is 0 Å². The van der Waals surface area contributed by atoms with Crippen LogP contribution in [0.4, 0.5) is 8.78 Å². The molecule has 1 unspecified atom stereocenters. The van der Waals surface area contributed by atoms with Crippen LogP contribution in [-0.4, -0.2) is 24.7 Å². The first-order chi connectivity index (χ1) is 9.14. The lowest BCUT2D eigenvalue weighted by Crippen LogP contribution is -2.41. The van der Waals surface area contributed by atoms with Gasteiger partial charge in [-0.3, -0.25) is 0 Å². The third-order valence-corrected chi connectivity index (χ3v) is 4.09. The minimum atomic E-state index is -2.59. The monoisotopic (exact) mass is 283 g/mol. The summed E-state index contributed by atoms with van der Waals surface area (Å²) in [4.78, 5) is 0. The molecule has 1 aliphatic heterocycles. The standard InChI is InChI=1S/C14H20BF2NO2/c1-13(2)14(3,4)20-15(19-13)10-7-5-6-9(8-10)11(18)12(16)17/h5-8,11-12H,18H2,1-4H3. The second-order valence-corrected chi connectivity index (χ2v) is 6.12. The Morgan fingerprint density at radius 3 is 2.15 bits per heavy atom. The molecule has 1 atom stereocenters. The van der Waals surface area contributed by atoms with Gasteiger partial charge in [-0.25, -0.2) is 8.78 Å². The van der Waals surface area contributed by atoms with E-state index in [2.05, 4.69) is 0 Å². The van der Waals surface area contributed by atoms with Gasteiger partial charge in [0.1, 0.15) is 0 Å². The van der Waals surface area contributed by atoms with Gasteiger partial charge in [-0.05, 0) is 38.7 Å². The zero-order chi connectivity index (χ0) is 15.1. The highest BCUT2D eigenvalue weighted by Gasteiger charge is 2.51. The molecule has 1 saturated heterocycles. The van der Waals surface area contributed by atoms with E-state index in [4.69, 9.17) is 15.0 Å². The highest BCUT2D eigenvalue weighted by atomic mass is 19.3. The number of halogens is 2. The van der Waals surface area contributed by atoms with Crippen LogP contribution >= 0.6 is 0 Å². The zero-order valence-electron chi connectivity index (χ0n) is 12.2. The molecule has 6 heteroatoms. The molecule has 1 fully saturated rings. The number of nitrogens with two attached hydrogens (primary N) is 1. The Balaban J connectivity index is 2.25. The molecule has 20 heavy (non-hydrogen) atoms. The average Bonchev–Trinajstić information content (AvgIpc) is 2.57. The predicted molar refractivity (Wildman–Crippen MR) is 75.1 cm³/mol. The van der Waals surface area contributed by atoms with Crippen molar-refractivity contribution >= 4 is 12.6 Å². The highest BCUT2D eigenvalue weighted by molar-refractivity contribution is 6.62. The van der Waals surface area contributed by atoms with Crippen molar-refractivity contribution in [3.05, 3.63) is 29.8 Å². The van der Waals surface area contributed by atoms with Gasteiger partial charge >= 0.3 is 7.12 Å². The van der Waals surface area contributed by atoms with Gasteiger partial charge in [0.25, 0.3) is 6.43 Å². The van der Waals surface area contributed by atoms with Gasteiger partial charge in [-0.1, -0.05) is 24.3 Å². The molecule has 0 saturated carbocycles. The second kappa shape index (κ2) is 5.09. The van der Waals surface area contributed by atoms with E-state index >= 15 is 0 Å². The van der Waals surface area contributed by atoms with Crippen LogP contribution in [0.2, 0.25) is 0 Å². The fourth-order valence-corrected chi connectivity index (χ4v) is 2.04. The second-order valence-electron chi connectivity index (χ2n) is 6.12. The maximum Gasteiger partial charge on any atom is 0.494 e. The fraction of sp³-hybridized carbons (Fsp3) is 0.571. The maximum atomic E-state index is 12.7. The average molecular weight is 283 g/mol. The molecule has 110 valence electrons. The van der Waals surface area contributed by atoms with Crippen molar-refractivity contribution in [2.45, 2.75) is 51.4 Å². The molecule has 0 aliphatic carbocycles. The summed E-state index contributed by atoms with van der Waals surface area (Å²) in [5.41, 5.74) is 5.65. The smallest absolute Gasteiger partial charge is 0.399 e. The number of benzene rings is 1. The van der Waals surface area contributed by atoms with E-state index in [1.165, 1.54) is 0 Å². The Kier molecular flexibility index (Phi) is 3.93. The molecule has 0 aromatic heterocycles. The molecule has 1 heterocycles. The van der Waals surface area contributed by atoms with Crippen LogP contribution in [0.25, 0.3) is 0 Å². The van der Waals surface area contributed by atoms with E-state index in [9.17, 15) is 8.78 Å². The first-order valence-electron chi connectivity index (χ1n) is 6.63. The third kappa shape index (κ3) is 2.73. The van der Waals surface area contributed by atoms with Crippen LogP contribution in [-0.2, 0) is 9.31 Å². The molecule has 0 amide bonds. The summed E-state index contributed by atoms with van der Waals surface area (Å²) < 4.78 is 37.2. The Hall–Kier alpha value is -0.975. The summed E-state index contributed by atoms with van der Waals surface area (Å²) in [5, 5.41) is 0. The number of rotatable bonds is 3. The summed E-state index contributed by atoms with van der Waals surface area (Å²) in [6.45, 7) is 7.78. The number of alkyl halides is 2. The van der Waals surface area contributed by atoms with E-state index in [1.54, 1.807) is 24.3 Å². The van der Waals surface area contributed by atoms with Crippen LogP contribution in [0, 0.1) is 0 Å². The molecule has 0 bridgehead atoms. The Bertz CT molecular complexity index is 478. The maximum absolute atomic E-state index is 12.7. The fourth-order valence-electron chi connectivity index (χ4n) is 2.04. The molecule has 3 nitrogen and oxygen atoms in total. The summed E-state index contributed by atoms with van der Waals surface area (Å²) in [5.74, 6) is 0. The van der Waals surface area contributed by atoms with Crippen LogP contribution in [0.1, 0.15) is 39.3 Å².